The van der Waals surface area contributed by atoms with E-state index in [-0.39, 0.29) is 30.3 Å². The smallest absolute Gasteiger partial charge is 0.480 e. The van der Waals surface area contributed by atoms with E-state index in [1.807, 2.05) is 6.92 Å². The lowest BCUT2D eigenvalue weighted by Gasteiger charge is -2.26. The zero-order valence-corrected chi connectivity index (χ0v) is 24.2. The van der Waals surface area contributed by atoms with Gasteiger partial charge in [-0.2, -0.15) is 0 Å². The van der Waals surface area contributed by atoms with Crippen LogP contribution in [0.5, 0.6) is 11.5 Å². The van der Waals surface area contributed by atoms with Crippen LogP contribution in [0.2, 0.25) is 0 Å². The van der Waals surface area contributed by atoms with Crippen LogP contribution in [0.1, 0.15) is 99.0 Å². The Balaban J connectivity index is 3.32. The SMILES string of the molecule is CCCCCC(=O)OC(C)CC(c1ccc(OC(=O)OC(C)(C)C)c(OC(=O)OC(C)(C)C)c1)[C@H](N)C(=O)O. The van der Waals surface area contributed by atoms with Crippen LogP contribution in [0.4, 0.5) is 9.59 Å². The summed E-state index contributed by atoms with van der Waals surface area (Å²) >= 11 is 0. The number of hydrogen-bond donors (Lipinski definition) is 2. The number of nitrogens with two attached hydrogens (primary N) is 1. The largest absolute Gasteiger partial charge is 0.514 e. The highest BCUT2D eigenvalue weighted by atomic mass is 16.8. The molecular formula is C28H43NO10. The van der Waals surface area contributed by atoms with E-state index in [1.165, 1.54) is 18.2 Å². The Labute approximate surface area is 230 Å². The van der Waals surface area contributed by atoms with Gasteiger partial charge in [0.2, 0.25) is 0 Å². The van der Waals surface area contributed by atoms with Crippen LogP contribution in [0, 0.1) is 0 Å². The molecule has 1 aromatic carbocycles. The first-order valence-corrected chi connectivity index (χ1v) is 13.0. The van der Waals surface area contributed by atoms with Crippen molar-refractivity contribution >= 4 is 24.2 Å². The molecule has 0 heterocycles. The fraction of sp³-hybridized carbons (Fsp3) is 0.643. The number of ether oxygens (including phenoxy) is 5. The first kappa shape index (κ1) is 33.7. The molecule has 0 aliphatic rings. The number of carboxylic acids is 1. The first-order chi connectivity index (χ1) is 17.9. The summed E-state index contributed by atoms with van der Waals surface area (Å²) in [4.78, 5) is 48.7. The number of carboxylic acid groups (broad SMARTS) is 1. The lowest BCUT2D eigenvalue weighted by atomic mass is 9.87. The van der Waals surface area contributed by atoms with Crippen molar-refractivity contribution in [3.05, 3.63) is 23.8 Å². The van der Waals surface area contributed by atoms with Crippen molar-refractivity contribution in [3.63, 3.8) is 0 Å². The third-order valence-corrected chi connectivity index (χ3v) is 5.18. The monoisotopic (exact) mass is 553 g/mol. The van der Waals surface area contributed by atoms with Gasteiger partial charge in [0.15, 0.2) is 11.5 Å². The van der Waals surface area contributed by atoms with Crippen molar-refractivity contribution in [3.8, 4) is 11.5 Å². The summed E-state index contributed by atoms with van der Waals surface area (Å²) in [6.07, 6.45) is 0.137. The number of unbranched alkanes of at least 4 members (excludes halogenated alkanes) is 2. The van der Waals surface area contributed by atoms with Gasteiger partial charge in [0.1, 0.15) is 17.2 Å². The average molecular weight is 554 g/mol. The van der Waals surface area contributed by atoms with Gasteiger partial charge in [-0.1, -0.05) is 25.8 Å². The summed E-state index contributed by atoms with van der Waals surface area (Å²) in [7, 11) is 0. The summed E-state index contributed by atoms with van der Waals surface area (Å²) in [6, 6.07) is 2.79. The molecule has 0 aliphatic carbocycles. The third kappa shape index (κ3) is 13.3. The molecule has 11 nitrogen and oxygen atoms in total. The number of carbonyl (C=O) groups is 4. The minimum atomic E-state index is -1.38. The topological polar surface area (TPSA) is 161 Å². The molecule has 0 fully saturated rings. The van der Waals surface area contributed by atoms with Crippen molar-refractivity contribution < 1.29 is 48.0 Å². The number of esters is 1. The summed E-state index contributed by atoms with van der Waals surface area (Å²) in [5.41, 5.74) is 4.66. The Kier molecular flexibility index (Phi) is 12.7. The molecule has 0 saturated heterocycles. The van der Waals surface area contributed by atoms with Crippen molar-refractivity contribution in [2.24, 2.45) is 5.73 Å². The summed E-state index contributed by atoms with van der Waals surface area (Å²) in [5, 5.41) is 9.65. The highest BCUT2D eigenvalue weighted by Crippen LogP contribution is 2.35. The number of hydrogen-bond acceptors (Lipinski definition) is 10. The second-order valence-corrected chi connectivity index (χ2v) is 11.3. The van der Waals surface area contributed by atoms with E-state index < -0.39 is 47.5 Å². The van der Waals surface area contributed by atoms with Crippen molar-refractivity contribution in [2.45, 2.75) is 117 Å². The molecule has 3 N–H and O–H groups in total. The van der Waals surface area contributed by atoms with Crippen molar-refractivity contribution in [1.29, 1.82) is 0 Å². The Morgan fingerprint density at radius 1 is 0.897 bits per heavy atom. The lowest BCUT2D eigenvalue weighted by Crippen LogP contribution is -2.38. The fourth-order valence-electron chi connectivity index (χ4n) is 3.51. The van der Waals surface area contributed by atoms with Crippen LogP contribution in [0.25, 0.3) is 0 Å². The van der Waals surface area contributed by atoms with E-state index in [0.29, 0.717) is 12.0 Å². The zero-order valence-electron chi connectivity index (χ0n) is 24.2. The second-order valence-electron chi connectivity index (χ2n) is 11.3. The highest BCUT2D eigenvalue weighted by Gasteiger charge is 2.31. The maximum absolute atomic E-state index is 12.4. The van der Waals surface area contributed by atoms with Gasteiger partial charge in [-0.25, -0.2) is 9.59 Å². The molecule has 2 unspecified atom stereocenters. The van der Waals surface area contributed by atoms with E-state index >= 15 is 0 Å². The van der Waals surface area contributed by atoms with Crippen molar-refractivity contribution in [1.82, 2.24) is 0 Å². The molecular weight excluding hydrogens is 510 g/mol. The highest BCUT2D eigenvalue weighted by molar-refractivity contribution is 5.75. The van der Waals surface area contributed by atoms with Crippen LogP contribution in [-0.2, 0) is 23.8 Å². The molecule has 3 atom stereocenters. The van der Waals surface area contributed by atoms with E-state index in [4.69, 9.17) is 29.4 Å². The van der Waals surface area contributed by atoms with E-state index in [2.05, 4.69) is 0 Å². The second kappa shape index (κ2) is 14.7. The molecule has 1 aromatic rings. The Morgan fingerprint density at radius 2 is 1.44 bits per heavy atom. The average Bonchev–Trinajstić information content (AvgIpc) is 2.75. The van der Waals surface area contributed by atoms with Crippen LogP contribution >= 0.6 is 0 Å². The molecule has 0 saturated carbocycles. The molecule has 0 radical (unpaired) electrons. The number of benzene rings is 1. The maximum Gasteiger partial charge on any atom is 0.514 e. The van der Waals surface area contributed by atoms with Gasteiger partial charge in [-0.3, -0.25) is 9.59 Å². The van der Waals surface area contributed by atoms with Gasteiger partial charge in [0, 0.05) is 12.3 Å². The molecule has 1 rings (SSSR count). The Hall–Kier alpha value is -3.34. The van der Waals surface area contributed by atoms with E-state index in [0.717, 1.165) is 12.8 Å². The standard InChI is InChI=1S/C28H43NO10/c1-9-10-11-12-22(30)35-17(2)15-19(23(29)24(31)32)18-13-14-20(36-25(33)38-27(3,4)5)21(16-18)37-26(34)39-28(6,7)8/h13-14,16-17,19,23H,9-12,15,29H2,1-8H3,(H,31,32)/t17?,19?,23-/m0/s1. The van der Waals surface area contributed by atoms with Crippen LogP contribution in [0.15, 0.2) is 18.2 Å². The minimum Gasteiger partial charge on any atom is -0.480 e. The molecule has 39 heavy (non-hydrogen) atoms. The normalized spacial score (nSPS) is 14.0. The summed E-state index contributed by atoms with van der Waals surface area (Å²) < 4.78 is 26.5. The van der Waals surface area contributed by atoms with Gasteiger partial charge in [-0.15, -0.1) is 0 Å². The van der Waals surface area contributed by atoms with Gasteiger partial charge in [0.05, 0.1) is 6.10 Å². The Bertz CT molecular complexity index is 993. The minimum absolute atomic E-state index is 0.0745. The van der Waals surface area contributed by atoms with E-state index in [9.17, 15) is 24.3 Å². The van der Waals surface area contributed by atoms with Crippen molar-refractivity contribution in [2.75, 3.05) is 0 Å². The van der Waals surface area contributed by atoms with E-state index in [1.54, 1.807) is 48.5 Å². The fourth-order valence-corrected chi connectivity index (χ4v) is 3.51. The summed E-state index contributed by atoms with van der Waals surface area (Å²) in [5.74, 6) is -2.87. The van der Waals surface area contributed by atoms with Crippen LogP contribution in [0.3, 0.4) is 0 Å². The lowest BCUT2D eigenvalue weighted by molar-refractivity contribution is -0.149. The molecule has 0 aliphatic heterocycles. The zero-order chi connectivity index (χ0) is 30.0. The Morgan fingerprint density at radius 3 is 1.92 bits per heavy atom. The quantitative estimate of drug-likeness (QED) is 0.141. The maximum atomic E-state index is 12.4. The molecule has 0 aromatic heterocycles. The third-order valence-electron chi connectivity index (χ3n) is 5.18. The van der Waals surface area contributed by atoms with Gasteiger partial charge < -0.3 is 34.5 Å². The van der Waals surface area contributed by atoms with Gasteiger partial charge in [0.25, 0.3) is 0 Å². The first-order valence-electron chi connectivity index (χ1n) is 13.0. The molecule has 11 heteroatoms. The predicted octanol–water partition coefficient (Wildman–Crippen LogP) is 5.71. The van der Waals surface area contributed by atoms with Crippen LogP contribution in [-0.4, -0.2) is 52.7 Å². The molecule has 0 bridgehead atoms. The van der Waals surface area contributed by atoms with Gasteiger partial charge >= 0.3 is 24.2 Å². The molecule has 0 amide bonds. The summed E-state index contributed by atoms with van der Waals surface area (Å²) in [6.45, 7) is 13.6. The molecule has 0 spiro atoms. The number of aliphatic carboxylic acids is 1. The number of carbonyl (C=O) groups excluding carboxylic acids is 3. The van der Waals surface area contributed by atoms with Crippen LogP contribution < -0.4 is 15.2 Å². The number of rotatable bonds is 12. The molecule has 220 valence electrons. The predicted molar refractivity (Wildman–Crippen MR) is 143 cm³/mol. The van der Waals surface area contributed by atoms with Gasteiger partial charge in [-0.05, 0) is 79.0 Å².